The highest BCUT2D eigenvalue weighted by molar-refractivity contribution is 8.18. The molecule has 0 aromatic heterocycles. The van der Waals surface area contributed by atoms with Gasteiger partial charge in [-0.3, -0.25) is 19.3 Å². The summed E-state index contributed by atoms with van der Waals surface area (Å²) in [7, 11) is 0. The molecule has 3 rings (SSSR count). The molecule has 1 atom stereocenters. The molecule has 1 aliphatic heterocycles. The molecule has 1 saturated heterocycles. The van der Waals surface area contributed by atoms with Crippen LogP contribution in [0, 0.1) is 5.82 Å². The smallest absolute Gasteiger partial charge is 0.293 e. The Bertz CT molecular complexity index is 946. The van der Waals surface area contributed by atoms with E-state index in [0.29, 0.717) is 6.42 Å². The van der Waals surface area contributed by atoms with Gasteiger partial charge in [0.1, 0.15) is 5.82 Å². The lowest BCUT2D eigenvalue weighted by Gasteiger charge is -2.15. The number of hydrogen-bond acceptors (Lipinski definition) is 4. The van der Waals surface area contributed by atoms with Gasteiger partial charge in [-0.15, -0.1) is 0 Å². The largest absolute Gasteiger partial charge is 0.354 e. The predicted octanol–water partition coefficient (Wildman–Crippen LogP) is 4.17. The molecule has 2 aromatic rings. The van der Waals surface area contributed by atoms with Crippen LogP contribution >= 0.6 is 11.8 Å². The molecule has 0 bridgehead atoms. The number of nitrogens with zero attached hydrogens (tertiary/aromatic N) is 1. The van der Waals surface area contributed by atoms with Crippen LogP contribution in [0.15, 0.2) is 59.5 Å². The third-order valence-electron chi connectivity index (χ3n) is 4.58. The fourth-order valence-corrected chi connectivity index (χ4v) is 3.84. The Balaban J connectivity index is 1.52. The van der Waals surface area contributed by atoms with E-state index in [1.54, 1.807) is 12.1 Å². The zero-order valence-corrected chi connectivity index (χ0v) is 16.7. The molecule has 7 heteroatoms. The van der Waals surface area contributed by atoms with Crippen LogP contribution in [0.1, 0.15) is 30.4 Å². The lowest BCUT2D eigenvalue weighted by Crippen LogP contribution is -2.37. The molecule has 0 radical (unpaired) electrons. The van der Waals surface area contributed by atoms with Gasteiger partial charge in [-0.1, -0.05) is 55.5 Å². The number of halogens is 1. The Kier molecular flexibility index (Phi) is 6.82. The summed E-state index contributed by atoms with van der Waals surface area (Å²) in [6.45, 7) is 2.22. The molecule has 5 nitrogen and oxygen atoms in total. The summed E-state index contributed by atoms with van der Waals surface area (Å²) >= 11 is 0.771. The van der Waals surface area contributed by atoms with Crippen molar-refractivity contribution < 1.29 is 18.8 Å². The Labute approximate surface area is 173 Å². The van der Waals surface area contributed by atoms with E-state index in [2.05, 4.69) is 5.32 Å². The quantitative estimate of drug-likeness (QED) is 0.693. The van der Waals surface area contributed by atoms with Crippen LogP contribution in [0.2, 0.25) is 0 Å². The Morgan fingerprint density at radius 1 is 1.14 bits per heavy atom. The molecular formula is C22H21FN2O3S. The molecular weight excluding hydrogens is 391 g/mol. The van der Waals surface area contributed by atoms with Crippen molar-refractivity contribution >= 4 is 34.9 Å². The maximum absolute atomic E-state index is 13.8. The Morgan fingerprint density at radius 2 is 1.83 bits per heavy atom. The van der Waals surface area contributed by atoms with Gasteiger partial charge < -0.3 is 5.32 Å². The van der Waals surface area contributed by atoms with E-state index in [-0.39, 0.29) is 35.4 Å². The standard InChI is InChI=1S/C22H21FN2O3S/c1-15(16-7-3-2-4-8-16)13-20(26)24-11-12-25-21(27)19(29-22(25)28)14-17-9-5-6-10-18(17)23/h2-10,14-15H,11-13H2,1H3,(H,24,26)/b19-14+. The van der Waals surface area contributed by atoms with Crippen LogP contribution in [-0.4, -0.2) is 35.0 Å². The summed E-state index contributed by atoms with van der Waals surface area (Å²) in [4.78, 5) is 38.0. The van der Waals surface area contributed by atoms with E-state index in [9.17, 15) is 18.8 Å². The molecule has 1 fully saturated rings. The van der Waals surface area contributed by atoms with Gasteiger partial charge in [0, 0.05) is 25.1 Å². The van der Waals surface area contributed by atoms with Crippen LogP contribution in [0.4, 0.5) is 9.18 Å². The first-order valence-electron chi connectivity index (χ1n) is 9.27. The SMILES string of the molecule is CC(CC(=O)NCCN1C(=O)S/C(=C/c2ccccc2F)C1=O)c1ccccc1. The average Bonchev–Trinajstić information content (AvgIpc) is 2.97. The second-order valence-corrected chi connectivity index (χ2v) is 7.71. The first kappa shape index (κ1) is 20.8. The van der Waals surface area contributed by atoms with Crippen molar-refractivity contribution in [2.45, 2.75) is 19.3 Å². The number of rotatable bonds is 7. The third-order valence-corrected chi connectivity index (χ3v) is 5.49. The highest BCUT2D eigenvalue weighted by Gasteiger charge is 2.34. The lowest BCUT2D eigenvalue weighted by molar-refractivity contribution is -0.124. The molecule has 3 amide bonds. The number of carbonyl (C=O) groups excluding carboxylic acids is 3. The van der Waals surface area contributed by atoms with E-state index < -0.39 is 17.0 Å². The highest BCUT2D eigenvalue weighted by Crippen LogP contribution is 2.32. The van der Waals surface area contributed by atoms with Gasteiger partial charge in [-0.2, -0.15) is 0 Å². The summed E-state index contributed by atoms with van der Waals surface area (Å²) in [5.74, 6) is -1.01. The van der Waals surface area contributed by atoms with Crippen LogP contribution in [-0.2, 0) is 9.59 Å². The van der Waals surface area contributed by atoms with Crippen LogP contribution in [0.5, 0.6) is 0 Å². The number of imide groups is 1. The normalized spacial score (nSPS) is 16.3. The fourth-order valence-electron chi connectivity index (χ4n) is 2.98. The molecule has 0 saturated carbocycles. The summed E-state index contributed by atoms with van der Waals surface area (Å²) in [6, 6.07) is 15.8. The molecule has 29 heavy (non-hydrogen) atoms. The lowest BCUT2D eigenvalue weighted by atomic mass is 9.98. The van der Waals surface area contributed by atoms with Gasteiger partial charge in [-0.05, 0) is 35.4 Å². The number of carbonyl (C=O) groups is 3. The van der Waals surface area contributed by atoms with Gasteiger partial charge >= 0.3 is 0 Å². The summed E-state index contributed by atoms with van der Waals surface area (Å²) in [5.41, 5.74) is 1.33. The Hall–Kier alpha value is -2.93. The number of amides is 3. The number of benzene rings is 2. The van der Waals surface area contributed by atoms with Crippen molar-refractivity contribution in [3.8, 4) is 0 Å². The van der Waals surface area contributed by atoms with E-state index in [0.717, 1.165) is 22.2 Å². The van der Waals surface area contributed by atoms with E-state index in [1.165, 1.54) is 18.2 Å². The monoisotopic (exact) mass is 412 g/mol. The van der Waals surface area contributed by atoms with Crippen molar-refractivity contribution in [2.24, 2.45) is 0 Å². The average molecular weight is 412 g/mol. The maximum Gasteiger partial charge on any atom is 0.293 e. The molecule has 1 heterocycles. The minimum absolute atomic E-state index is 0.0668. The fraction of sp³-hybridized carbons (Fsp3) is 0.227. The maximum atomic E-state index is 13.8. The van der Waals surface area contributed by atoms with Gasteiger partial charge in [0.2, 0.25) is 5.91 Å². The zero-order chi connectivity index (χ0) is 20.8. The van der Waals surface area contributed by atoms with Gasteiger partial charge in [0.15, 0.2) is 0 Å². The summed E-state index contributed by atoms with van der Waals surface area (Å²) in [6.07, 6.45) is 1.69. The molecule has 1 unspecified atom stereocenters. The number of thioether (sulfide) groups is 1. The summed E-state index contributed by atoms with van der Waals surface area (Å²) in [5, 5.41) is 2.32. The van der Waals surface area contributed by atoms with Gasteiger partial charge in [0.25, 0.3) is 11.1 Å². The molecule has 0 aliphatic carbocycles. The first-order valence-corrected chi connectivity index (χ1v) is 10.1. The second-order valence-electron chi connectivity index (χ2n) is 6.72. The molecule has 150 valence electrons. The third kappa shape index (κ3) is 5.32. The molecule has 0 spiro atoms. The highest BCUT2D eigenvalue weighted by atomic mass is 32.2. The van der Waals surface area contributed by atoms with Crippen LogP contribution in [0.25, 0.3) is 6.08 Å². The van der Waals surface area contributed by atoms with E-state index in [1.807, 2.05) is 37.3 Å². The second kappa shape index (κ2) is 9.52. The Morgan fingerprint density at radius 3 is 2.55 bits per heavy atom. The number of nitrogens with one attached hydrogen (secondary N) is 1. The van der Waals surface area contributed by atoms with Crippen molar-refractivity contribution in [1.82, 2.24) is 10.2 Å². The van der Waals surface area contributed by atoms with E-state index in [4.69, 9.17) is 0 Å². The predicted molar refractivity (Wildman–Crippen MR) is 112 cm³/mol. The van der Waals surface area contributed by atoms with Crippen LogP contribution in [0.3, 0.4) is 0 Å². The first-order chi connectivity index (χ1) is 14.0. The van der Waals surface area contributed by atoms with E-state index >= 15 is 0 Å². The summed E-state index contributed by atoms with van der Waals surface area (Å²) < 4.78 is 13.8. The molecule has 2 aromatic carbocycles. The van der Waals surface area contributed by atoms with Gasteiger partial charge in [-0.25, -0.2) is 4.39 Å². The van der Waals surface area contributed by atoms with Crippen molar-refractivity contribution in [3.63, 3.8) is 0 Å². The van der Waals surface area contributed by atoms with Crippen LogP contribution < -0.4 is 5.32 Å². The molecule has 1 N–H and O–H groups in total. The zero-order valence-electron chi connectivity index (χ0n) is 15.9. The van der Waals surface area contributed by atoms with Gasteiger partial charge in [0.05, 0.1) is 4.91 Å². The van der Waals surface area contributed by atoms with Crippen molar-refractivity contribution in [3.05, 3.63) is 76.4 Å². The van der Waals surface area contributed by atoms with Crippen molar-refractivity contribution in [2.75, 3.05) is 13.1 Å². The minimum atomic E-state index is -0.477. The minimum Gasteiger partial charge on any atom is -0.354 e. The van der Waals surface area contributed by atoms with Crippen molar-refractivity contribution in [1.29, 1.82) is 0 Å². The molecule has 1 aliphatic rings. The topological polar surface area (TPSA) is 66.5 Å². The number of hydrogen-bond donors (Lipinski definition) is 1.